The first-order chi connectivity index (χ1) is 10.8. The second-order valence-corrected chi connectivity index (χ2v) is 6.91. The Morgan fingerprint density at radius 3 is 2.75 bits per heavy atom. The van der Waals surface area contributed by atoms with Crippen molar-refractivity contribution in [3.63, 3.8) is 0 Å². The van der Waals surface area contributed by atoms with E-state index in [4.69, 9.17) is 10.5 Å². The van der Waals surface area contributed by atoms with Crippen molar-refractivity contribution in [2.24, 2.45) is 5.73 Å². The topological polar surface area (TPSA) is 84.7 Å². The van der Waals surface area contributed by atoms with Crippen molar-refractivity contribution >= 4 is 29.9 Å². The first-order valence-electron chi connectivity index (χ1n) is 7.92. The van der Waals surface area contributed by atoms with Gasteiger partial charge in [-0.2, -0.15) is 0 Å². The Morgan fingerprint density at radius 2 is 2.08 bits per heavy atom. The van der Waals surface area contributed by atoms with Gasteiger partial charge in [-0.25, -0.2) is 0 Å². The van der Waals surface area contributed by atoms with Crippen molar-refractivity contribution < 1.29 is 14.3 Å². The van der Waals surface area contributed by atoms with Crippen LogP contribution in [0.3, 0.4) is 0 Å². The largest absolute Gasteiger partial charge is 0.493 e. The van der Waals surface area contributed by atoms with Gasteiger partial charge in [-0.3, -0.25) is 9.59 Å². The minimum Gasteiger partial charge on any atom is -0.493 e. The maximum absolute atomic E-state index is 12.3. The van der Waals surface area contributed by atoms with Gasteiger partial charge in [0.15, 0.2) is 0 Å². The van der Waals surface area contributed by atoms with Crippen molar-refractivity contribution in [1.29, 1.82) is 0 Å². The summed E-state index contributed by atoms with van der Waals surface area (Å²) in [4.78, 5) is 25.7. The fourth-order valence-electron chi connectivity index (χ4n) is 3.26. The zero-order chi connectivity index (χ0) is 16.8. The minimum absolute atomic E-state index is 0. The van der Waals surface area contributed by atoms with Crippen molar-refractivity contribution in [3.8, 4) is 5.75 Å². The highest BCUT2D eigenvalue weighted by Gasteiger charge is 2.30. The van der Waals surface area contributed by atoms with Gasteiger partial charge >= 0.3 is 0 Å². The quantitative estimate of drug-likeness (QED) is 0.864. The van der Waals surface area contributed by atoms with E-state index in [0.717, 1.165) is 34.5 Å². The molecule has 3 rings (SSSR count). The first kappa shape index (κ1) is 18.5. The lowest BCUT2D eigenvalue weighted by molar-refractivity contribution is -0.135. The molecule has 0 atom stereocenters. The third-order valence-corrected chi connectivity index (χ3v) is 4.33. The predicted molar refractivity (Wildman–Crippen MR) is 94.6 cm³/mol. The normalized spacial score (nSPS) is 15.6. The summed E-state index contributed by atoms with van der Waals surface area (Å²) >= 11 is 0. The van der Waals surface area contributed by atoms with Crippen molar-refractivity contribution in [1.82, 2.24) is 4.90 Å². The van der Waals surface area contributed by atoms with Gasteiger partial charge in [0.1, 0.15) is 5.75 Å². The highest BCUT2D eigenvalue weighted by molar-refractivity contribution is 5.96. The number of hydrogen-bond donors (Lipinski definition) is 2. The van der Waals surface area contributed by atoms with E-state index in [9.17, 15) is 9.59 Å². The van der Waals surface area contributed by atoms with Gasteiger partial charge < -0.3 is 20.7 Å². The molecule has 1 aromatic rings. The van der Waals surface area contributed by atoms with Crippen LogP contribution in [0.15, 0.2) is 6.07 Å². The number of nitrogens with zero attached hydrogens (tertiary/aromatic N) is 1. The van der Waals surface area contributed by atoms with Crippen LogP contribution < -0.4 is 15.8 Å². The molecule has 7 heteroatoms. The molecule has 1 aromatic carbocycles. The summed E-state index contributed by atoms with van der Waals surface area (Å²) in [6, 6.07) is 2.04. The molecular formula is C17H24ClN3O3. The van der Waals surface area contributed by atoms with Crippen LogP contribution in [-0.2, 0) is 29.0 Å². The zero-order valence-corrected chi connectivity index (χ0v) is 15.1. The number of rotatable bonds is 3. The monoisotopic (exact) mass is 353 g/mol. The summed E-state index contributed by atoms with van der Waals surface area (Å²) in [5.41, 5.74) is 8.94. The Kier molecular flexibility index (Phi) is 5.11. The van der Waals surface area contributed by atoms with Crippen molar-refractivity contribution in [3.05, 3.63) is 22.8 Å². The molecule has 2 heterocycles. The Balaban J connectivity index is 0.00000208. The molecule has 0 aliphatic carbocycles. The fourth-order valence-corrected chi connectivity index (χ4v) is 3.26. The second-order valence-electron chi connectivity index (χ2n) is 6.91. The second kappa shape index (κ2) is 6.61. The Hall–Kier alpha value is -1.79. The first-order valence-corrected chi connectivity index (χ1v) is 7.92. The van der Waals surface area contributed by atoms with Crippen LogP contribution in [0.5, 0.6) is 5.75 Å². The zero-order valence-electron chi connectivity index (χ0n) is 14.3. The predicted octanol–water partition coefficient (Wildman–Crippen LogP) is 1.62. The summed E-state index contributed by atoms with van der Waals surface area (Å²) < 4.78 is 5.74. The molecule has 0 spiro atoms. The van der Waals surface area contributed by atoms with Gasteiger partial charge in [-0.1, -0.05) is 0 Å². The van der Waals surface area contributed by atoms with Crippen LogP contribution in [0.2, 0.25) is 0 Å². The van der Waals surface area contributed by atoms with Gasteiger partial charge in [0.2, 0.25) is 11.8 Å². The molecule has 0 aromatic heterocycles. The number of hydrogen-bond acceptors (Lipinski definition) is 4. The van der Waals surface area contributed by atoms with E-state index in [1.54, 1.807) is 25.8 Å². The summed E-state index contributed by atoms with van der Waals surface area (Å²) in [6.45, 7) is 4.47. The molecular weight excluding hydrogens is 330 g/mol. The smallest absolute Gasteiger partial charge is 0.242 e. The number of carbonyl (C=O) groups excluding carboxylic acids is 2. The molecule has 2 aliphatic rings. The van der Waals surface area contributed by atoms with Gasteiger partial charge in [-0.15, -0.1) is 12.4 Å². The van der Waals surface area contributed by atoms with Gasteiger partial charge in [0.25, 0.3) is 0 Å². The molecule has 0 fully saturated rings. The Labute approximate surface area is 148 Å². The lowest BCUT2D eigenvalue weighted by Crippen LogP contribution is -2.49. The van der Waals surface area contributed by atoms with Crippen LogP contribution in [-0.4, -0.2) is 35.9 Å². The number of likely N-dealkylation sites (N-methyl/N-ethyl adjacent to an activating group) is 1. The van der Waals surface area contributed by atoms with Gasteiger partial charge in [0, 0.05) is 32.0 Å². The van der Waals surface area contributed by atoms with E-state index in [-0.39, 0.29) is 24.2 Å². The molecule has 0 unspecified atom stereocenters. The SMILES string of the molecule is CN(Cc1cc2c(c3c1NC(=O)CC3)OCC2)C(=O)C(C)(C)N.Cl. The van der Waals surface area contributed by atoms with Crippen LogP contribution >= 0.6 is 12.4 Å². The van der Waals surface area contributed by atoms with Crippen LogP contribution in [0.1, 0.15) is 37.0 Å². The summed E-state index contributed by atoms with van der Waals surface area (Å²) in [5.74, 6) is 0.784. The molecule has 0 saturated heterocycles. The number of benzene rings is 1. The molecule has 132 valence electrons. The van der Waals surface area contributed by atoms with E-state index in [1.165, 1.54) is 0 Å². The van der Waals surface area contributed by atoms with E-state index in [0.29, 0.717) is 26.0 Å². The number of carbonyl (C=O) groups is 2. The Bertz CT molecular complexity index is 683. The molecule has 2 amide bonds. The lowest BCUT2D eigenvalue weighted by atomic mass is 9.94. The van der Waals surface area contributed by atoms with E-state index in [2.05, 4.69) is 5.32 Å². The fraction of sp³-hybridized carbons (Fsp3) is 0.529. The number of halogens is 1. The Morgan fingerprint density at radius 1 is 1.38 bits per heavy atom. The number of ether oxygens (including phenoxy) is 1. The number of amides is 2. The molecule has 0 saturated carbocycles. The van der Waals surface area contributed by atoms with E-state index in [1.807, 2.05) is 6.07 Å². The minimum atomic E-state index is -0.919. The summed E-state index contributed by atoms with van der Waals surface area (Å²) in [7, 11) is 1.73. The van der Waals surface area contributed by atoms with Crippen molar-refractivity contribution in [2.75, 3.05) is 19.0 Å². The highest BCUT2D eigenvalue weighted by atomic mass is 35.5. The van der Waals surface area contributed by atoms with E-state index < -0.39 is 5.54 Å². The van der Waals surface area contributed by atoms with Gasteiger partial charge in [0.05, 0.1) is 17.8 Å². The number of anilines is 1. The maximum Gasteiger partial charge on any atom is 0.242 e. The summed E-state index contributed by atoms with van der Waals surface area (Å²) in [5, 5.41) is 2.95. The van der Waals surface area contributed by atoms with Gasteiger partial charge in [-0.05, 0) is 37.5 Å². The molecule has 3 N–H and O–H groups in total. The molecule has 24 heavy (non-hydrogen) atoms. The van der Waals surface area contributed by atoms with Crippen LogP contribution in [0.4, 0.5) is 5.69 Å². The molecule has 0 bridgehead atoms. The number of nitrogens with two attached hydrogens (primary N) is 1. The molecule has 2 aliphatic heterocycles. The maximum atomic E-state index is 12.3. The summed E-state index contributed by atoms with van der Waals surface area (Å²) in [6.07, 6.45) is 2.01. The standard InChI is InChI=1S/C17H23N3O3.ClH/c1-17(2,18)16(22)20(3)9-11-8-10-6-7-23-15(10)12-4-5-13(21)19-14(11)12;/h8H,4-7,9,18H2,1-3H3,(H,19,21);1H. The third-order valence-electron chi connectivity index (χ3n) is 4.33. The van der Waals surface area contributed by atoms with E-state index >= 15 is 0 Å². The van der Waals surface area contributed by atoms with Crippen molar-refractivity contribution in [2.45, 2.75) is 45.2 Å². The average Bonchev–Trinajstić information content (AvgIpc) is 2.93. The van der Waals surface area contributed by atoms with Crippen LogP contribution in [0, 0.1) is 0 Å². The average molecular weight is 354 g/mol. The van der Waals surface area contributed by atoms with Crippen LogP contribution in [0.25, 0.3) is 0 Å². The molecule has 6 nitrogen and oxygen atoms in total. The lowest BCUT2D eigenvalue weighted by Gasteiger charge is -2.28. The number of fused-ring (bicyclic) bond motifs is 3. The molecule has 0 radical (unpaired) electrons. The number of nitrogens with one attached hydrogen (secondary N) is 1. The third kappa shape index (κ3) is 3.35. The highest BCUT2D eigenvalue weighted by Crippen LogP contribution is 2.40.